The molecule has 0 aromatic heterocycles. The van der Waals surface area contributed by atoms with Gasteiger partial charge in [-0.1, -0.05) is 24.4 Å². The van der Waals surface area contributed by atoms with Gasteiger partial charge in [0, 0.05) is 44.4 Å². The first kappa shape index (κ1) is 18.0. The van der Waals surface area contributed by atoms with Gasteiger partial charge in [-0.15, -0.1) is 0 Å². The van der Waals surface area contributed by atoms with Crippen LogP contribution in [0.4, 0.5) is 10.5 Å². The molecule has 25 heavy (non-hydrogen) atoms. The summed E-state index contributed by atoms with van der Waals surface area (Å²) in [5.41, 5.74) is 0.944. The SMILES string of the molecule is COc1cc(N2CCN(C(=O)NC3CCCC3)CC2)c(OC)cc1Cl. The van der Waals surface area contributed by atoms with Crippen molar-refractivity contribution in [2.75, 3.05) is 45.3 Å². The van der Waals surface area contributed by atoms with Crippen LogP contribution in [0.5, 0.6) is 11.5 Å². The molecular weight excluding hydrogens is 342 g/mol. The van der Waals surface area contributed by atoms with Crippen molar-refractivity contribution in [2.45, 2.75) is 31.7 Å². The average molecular weight is 368 g/mol. The Bertz CT molecular complexity index is 612. The molecular formula is C18H26ClN3O3. The molecule has 0 unspecified atom stereocenters. The Kier molecular flexibility index (Phi) is 5.78. The van der Waals surface area contributed by atoms with E-state index in [1.54, 1.807) is 20.3 Å². The maximum Gasteiger partial charge on any atom is 0.317 e. The van der Waals surface area contributed by atoms with Crippen molar-refractivity contribution in [2.24, 2.45) is 0 Å². The summed E-state index contributed by atoms with van der Waals surface area (Å²) in [7, 11) is 3.23. The maximum atomic E-state index is 12.4. The van der Waals surface area contributed by atoms with Gasteiger partial charge >= 0.3 is 6.03 Å². The van der Waals surface area contributed by atoms with Crippen molar-refractivity contribution in [3.05, 3.63) is 17.2 Å². The van der Waals surface area contributed by atoms with E-state index in [2.05, 4.69) is 10.2 Å². The van der Waals surface area contributed by atoms with Crippen LogP contribution in [0.2, 0.25) is 5.02 Å². The van der Waals surface area contributed by atoms with E-state index >= 15 is 0 Å². The molecule has 1 saturated heterocycles. The molecule has 0 spiro atoms. The molecule has 7 heteroatoms. The van der Waals surface area contributed by atoms with Crippen LogP contribution in [0.15, 0.2) is 12.1 Å². The van der Waals surface area contributed by atoms with E-state index in [4.69, 9.17) is 21.1 Å². The topological polar surface area (TPSA) is 54.0 Å². The van der Waals surface area contributed by atoms with Gasteiger partial charge < -0.3 is 24.6 Å². The normalized spacial score (nSPS) is 18.4. The molecule has 1 aromatic carbocycles. The number of urea groups is 1. The van der Waals surface area contributed by atoms with Crippen LogP contribution in [0, 0.1) is 0 Å². The van der Waals surface area contributed by atoms with Crippen LogP contribution in [0.25, 0.3) is 0 Å². The van der Waals surface area contributed by atoms with Crippen molar-refractivity contribution in [1.29, 1.82) is 0 Å². The fourth-order valence-corrected chi connectivity index (χ4v) is 3.81. The van der Waals surface area contributed by atoms with E-state index in [1.807, 2.05) is 11.0 Å². The third kappa shape index (κ3) is 4.06. The van der Waals surface area contributed by atoms with Crippen molar-refractivity contribution < 1.29 is 14.3 Å². The highest BCUT2D eigenvalue weighted by atomic mass is 35.5. The number of amides is 2. The van der Waals surface area contributed by atoms with Crippen LogP contribution in [-0.2, 0) is 0 Å². The summed E-state index contributed by atoms with van der Waals surface area (Å²) in [5, 5.41) is 3.68. The lowest BCUT2D eigenvalue weighted by atomic mass is 10.2. The minimum absolute atomic E-state index is 0.0622. The lowest BCUT2D eigenvalue weighted by molar-refractivity contribution is 0.190. The zero-order chi connectivity index (χ0) is 17.8. The third-order valence-corrected chi connectivity index (χ3v) is 5.34. The van der Waals surface area contributed by atoms with Gasteiger partial charge in [0.25, 0.3) is 0 Å². The van der Waals surface area contributed by atoms with Gasteiger partial charge in [-0.05, 0) is 12.8 Å². The first-order valence-electron chi connectivity index (χ1n) is 8.84. The zero-order valence-electron chi connectivity index (χ0n) is 14.9. The number of piperazine rings is 1. The van der Waals surface area contributed by atoms with Crippen LogP contribution < -0.4 is 19.7 Å². The van der Waals surface area contributed by atoms with Crippen molar-refractivity contribution in [3.8, 4) is 11.5 Å². The fourth-order valence-electron chi connectivity index (χ4n) is 3.58. The summed E-state index contributed by atoms with van der Waals surface area (Å²) in [6.07, 6.45) is 4.65. The minimum atomic E-state index is 0.0622. The Labute approximate surface area is 154 Å². The molecule has 2 aliphatic rings. The number of rotatable bonds is 4. The lowest BCUT2D eigenvalue weighted by Gasteiger charge is -2.37. The van der Waals surface area contributed by atoms with Crippen LogP contribution in [0.3, 0.4) is 0 Å². The minimum Gasteiger partial charge on any atom is -0.495 e. The molecule has 0 bridgehead atoms. The maximum absolute atomic E-state index is 12.4. The van der Waals surface area contributed by atoms with Crippen molar-refractivity contribution >= 4 is 23.3 Å². The Morgan fingerprint density at radius 3 is 2.32 bits per heavy atom. The predicted molar refractivity (Wildman–Crippen MR) is 99.1 cm³/mol. The monoisotopic (exact) mass is 367 g/mol. The van der Waals surface area contributed by atoms with E-state index < -0.39 is 0 Å². The summed E-state index contributed by atoms with van der Waals surface area (Å²) >= 11 is 6.18. The molecule has 0 atom stereocenters. The molecule has 1 aliphatic carbocycles. The second-order valence-electron chi connectivity index (χ2n) is 6.56. The summed E-state index contributed by atoms with van der Waals surface area (Å²) in [4.78, 5) is 16.5. The highest BCUT2D eigenvalue weighted by Crippen LogP contribution is 2.38. The molecule has 0 radical (unpaired) electrons. The second-order valence-corrected chi connectivity index (χ2v) is 6.97. The number of anilines is 1. The van der Waals surface area contributed by atoms with Gasteiger partial charge in [-0.2, -0.15) is 0 Å². The van der Waals surface area contributed by atoms with E-state index in [9.17, 15) is 4.79 Å². The number of hydrogen-bond donors (Lipinski definition) is 1. The number of ether oxygens (including phenoxy) is 2. The van der Waals surface area contributed by atoms with E-state index in [0.29, 0.717) is 29.9 Å². The average Bonchev–Trinajstić information content (AvgIpc) is 3.14. The first-order valence-corrected chi connectivity index (χ1v) is 9.22. The summed E-state index contributed by atoms with van der Waals surface area (Å²) in [6.45, 7) is 2.87. The highest BCUT2D eigenvalue weighted by Gasteiger charge is 2.26. The van der Waals surface area contributed by atoms with E-state index in [0.717, 1.165) is 37.4 Å². The van der Waals surface area contributed by atoms with Crippen LogP contribution in [-0.4, -0.2) is 57.4 Å². The van der Waals surface area contributed by atoms with Gasteiger partial charge in [-0.3, -0.25) is 0 Å². The smallest absolute Gasteiger partial charge is 0.317 e. The summed E-state index contributed by atoms with van der Waals surface area (Å²) in [5.74, 6) is 1.34. The number of carbonyl (C=O) groups excluding carboxylic acids is 1. The number of benzene rings is 1. The predicted octanol–water partition coefficient (Wildman–Crippen LogP) is 3.13. The largest absolute Gasteiger partial charge is 0.495 e. The standard InChI is InChI=1S/C18H26ClN3O3/c1-24-16-12-15(17(25-2)11-14(16)19)21-7-9-22(10-8-21)18(23)20-13-5-3-4-6-13/h11-13H,3-10H2,1-2H3,(H,20,23). The van der Waals surface area contributed by atoms with Crippen LogP contribution in [0.1, 0.15) is 25.7 Å². The molecule has 1 aromatic rings. The molecule has 1 saturated carbocycles. The van der Waals surface area contributed by atoms with Gasteiger partial charge in [0.2, 0.25) is 0 Å². The number of hydrogen-bond acceptors (Lipinski definition) is 4. The van der Waals surface area contributed by atoms with Gasteiger partial charge in [0.15, 0.2) is 0 Å². The number of halogens is 1. The van der Waals surface area contributed by atoms with E-state index in [-0.39, 0.29) is 6.03 Å². The van der Waals surface area contributed by atoms with Crippen molar-refractivity contribution in [1.82, 2.24) is 10.2 Å². The molecule has 3 rings (SSSR count). The number of carbonyl (C=O) groups is 1. The first-order chi connectivity index (χ1) is 12.1. The quantitative estimate of drug-likeness (QED) is 0.888. The Morgan fingerprint density at radius 1 is 1.08 bits per heavy atom. The van der Waals surface area contributed by atoms with Gasteiger partial charge in [0.1, 0.15) is 11.5 Å². The molecule has 1 N–H and O–H groups in total. The number of nitrogens with zero attached hydrogens (tertiary/aromatic N) is 2. The Balaban J connectivity index is 1.62. The van der Waals surface area contributed by atoms with Crippen LogP contribution >= 0.6 is 11.6 Å². The van der Waals surface area contributed by atoms with Gasteiger partial charge in [-0.25, -0.2) is 4.79 Å². The third-order valence-electron chi connectivity index (χ3n) is 5.04. The zero-order valence-corrected chi connectivity index (χ0v) is 15.6. The Hall–Kier alpha value is -1.82. The van der Waals surface area contributed by atoms with E-state index in [1.165, 1.54) is 12.8 Å². The molecule has 1 heterocycles. The number of nitrogens with one attached hydrogen (secondary N) is 1. The van der Waals surface area contributed by atoms with Crippen molar-refractivity contribution in [3.63, 3.8) is 0 Å². The summed E-state index contributed by atoms with van der Waals surface area (Å²) < 4.78 is 10.8. The number of methoxy groups -OCH3 is 2. The highest BCUT2D eigenvalue weighted by molar-refractivity contribution is 6.32. The fraction of sp³-hybridized carbons (Fsp3) is 0.611. The Morgan fingerprint density at radius 2 is 1.72 bits per heavy atom. The molecule has 6 nitrogen and oxygen atoms in total. The molecule has 2 fully saturated rings. The molecule has 2 amide bonds. The second kappa shape index (κ2) is 8.04. The lowest BCUT2D eigenvalue weighted by Crippen LogP contribution is -2.53. The molecule has 1 aliphatic heterocycles. The summed E-state index contributed by atoms with van der Waals surface area (Å²) in [6, 6.07) is 4.09. The molecule has 138 valence electrons. The van der Waals surface area contributed by atoms with Gasteiger partial charge in [0.05, 0.1) is 24.9 Å².